The molecule has 5 heteroatoms. The van der Waals surface area contributed by atoms with Crippen molar-refractivity contribution >= 4 is 39.2 Å². The zero-order valence-electron chi connectivity index (χ0n) is 12.2. The molecule has 1 N–H and O–H groups in total. The first kappa shape index (κ1) is 15.1. The molecule has 112 valence electrons. The van der Waals surface area contributed by atoms with Crippen LogP contribution in [0.25, 0.3) is 10.2 Å². The van der Waals surface area contributed by atoms with Gasteiger partial charge in [0.15, 0.2) is 4.34 Å². The second-order valence-corrected chi connectivity index (χ2v) is 7.53. The highest BCUT2D eigenvalue weighted by molar-refractivity contribution is 8.02. The molecule has 0 saturated heterocycles. The van der Waals surface area contributed by atoms with Gasteiger partial charge in [0.2, 0.25) is 5.91 Å². The summed E-state index contributed by atoms with van der Waals surface area (Å²) in [5.41, 5.74) is 2.10. The van der Waals surface area contributed by atoms with E-state index in [1.807, 2.05) is 55.5 Å². The van der Waals surface area contributed by atoms with Gasteiger partial charge >= 0.3 is 0 Å². The van der Waals surface area contributed by atoms with E-state index in [1.165, 1.54) is 11.8 Å². The molecule has 0 spiro atoms. The number of aromatic nitrogens is 1. The lowest BCUT2D eigenvalue weighted by Gasteiger charge is -2.10. The Hall–Kier alpha value is -1.85. The van der Waals surface area contributed by atoms with Crippen LogP contribution < -0.4 is 5.32 Å². The molecular formula is C17H16N2OS2. The third-order valence-corrected chi connectivity index (χ3v) is 5.46. The summed E-state index contributed by atoms with van der Waals surface area (Å²) in [6, 6.07) is 18.0. The third kappa shape index (κ3) is 3.67. The molecule has 0 aliphatic heterocycles. The number of nitrogens with one attached hydrogen (secondary N) is 1. The predicted molar refractivity (Wildman–Crippen MR) is 93.2 cm³/mol. The minimum atomic E-state index is -0.163. The molecule has 0 fully saturated rings. The van der Waals surface area contributed by atoms with Gasteiger partial charge in [-0.25, -0.2) is 4.98 Å². The average molecular weight is 328 g/mol. The van der Waals surface area contributed by atoms with Crippen LogP contribution in [0.2, 0.25) is 0 Å². The second-order valence-electron chi connectivity index (χ2n) is 4.91. The summed E-state index contributed by atoms with van der Waals surface area (Å²) >= 11 is 3.14. The zero-order chi connectivity index (χ0) is 15.4. The number of benzene rings is 2. The van der Waals surface area contributed by atoms with Crippen LogP contribution >= 0.6 is 23.1 Å². The average Bonchev–Trinajstić information content (AvgIpc) is 2.95. The van der Waals surface area contributed by atoms with Crippen LogP contribution in [0.5, 0.6) is 0 Å². The van der Waals surface area contributed by atoms with Crippen molar-refractivity contribution in [1.29, 1.82) is 0 Å². The predicted octanol–water partition coefficient (Wildman–Crippen LogP) is 4.09. The standard InChI is InChI=1S/C17H16N2OS2/c1-12(16(20)18-11-13-7-3-2-4-8-13)21-17-19-14-9-5-6-10-15(14)22-17/h2-10,12H,11H2,1H3,(H,18,20)/t12-/m0/s1. The number of thioether (sulfide) groups is 1. The van der Waals surface area contributed by atoms with Crippen LogP contribution in [0.1, 0.15) is 12.5 Å². The lowest BCUT2D eigenvalue weighted by molar-refractivity contribution is -0.120. The maximum absolute atomic E-state index is 12.2. The van der Waals surface area contributed by atoms with Crippen LogP contribution in [0.3, 0.4) is 0 Å². The van der Waals surface area contributed by atoms with Crippen molar-refractivity contribution in [3.63, 3.8) is 0 Å². The SMILES string of the molecule is C[C@H](Sc1nc2ccccc2s1)C(=O)NCc1ccccc1. The Morgan fingerprint density at radius 3 is 2.68 bits per heavy atom. The number of carbonyl (C=O) groups is 1. The molecular weight excluding hydrogens is 312 g/mol. The number of hydrogen-bond donors (Lipinski definition) is 1. The molecule has 3 aromatic rings. The van der Waals surface area contributed by atoms with E-state index < -0.39 is 0 Å². The molecule has 0 saturated carbocycles. The highest BCUT2D eigenvalue weighted by Crippen LogP contribution is 2.31. The van der Waals surface area contributed by atoms with Crippen LogP contribution in [0.4, 0.5) is 0 Å². The third-order valence-electron chi connectivity index (χ3n) is 3.23. The second kappa shape index (κ2) is 6.94. The van der Waals surface area contributed by atoms with Gasteiger partial charge in [-0.05, 0) is 24.6 Å². The molecule has 0 unspecified atom stereocenters. The first-order chi connectivity index (χ1) is 10.7. The van der Waals surface area contributed by atoms with E-state index in [9.17, 15) is 4.79 Å². The molecule has 1 heterocycles. The number of fused-ring (bicyclic) bond motifs is 1. The van der Waals surface area contributed by atoms with Gasteiger partial charge in [0.25, 0.3) is 0 Å². The van der Waals surface area contributed by atoms with E-state index >= 15 is 0 Å². The first-order valence-electron chi connectivity index (χ1n) is 7.06. The fraction of sp³-hybridized carbons (Fsp3) is 0.176. The number of hydrogen-bond acceptors (Lipinski definition) is 4. The first-order valence-corrected chi connectivity index (χ1v) is 8.76. The van der Waals surface area contributed by atoms with Crippen molar-refractivity contribution in [3.05, 3.63) is 60.2 Å². The molecule has 2 aromatic carbocycles. The van der Waals surface area contributed by atoms with Gasteiger partial charge in [0, 0.05) is 6.54 Å². The van der Waals surface area contributed by atoms with Gasteiger partial charge < -0.3 is 5.32 Å². The summed E-state index contributed by atoms with van der Waals surface area (Å²) in [5.74, 6) is 0.0353. The molecule has 3 rings (SSSR count). The van der Waals surface area contributed by atoms with E-state index in [1.54, 1.807) is 11.3 Å². The van der Waals surface area contributed by atoms with E-state index in [-0.39, 0.29) is 11.2 Å². The number of rotatable bonds is 5. The fourth-order valence-electron chi connectivity index (χ4n) is 2.03. The summed E-state index contributed by atoms with van der Waals surface area (Å²) in [5, 5.41) is 2.81. The van der Waals surface area contributed by atoms with E-state index in [4.69, 9.17) is 0 Å². The van der Waals surface area contributed by atoms with Gasteiger partial charge in [-0.3, -0.25) is 4.79 Å². The monoisotopic (exact) mass is 328 g/mol. The number of nitrogens with zero attached hydrogens (tertiary/aromatic N) is 1. The summed E-state index contributed by atoms with van der Waals surface area (Å²) in [4.78, 5) is 16.7. The molecule has 0 aliphatic carbocycles. The molecule has 0 bridgehead atoms. The van der Waals surface area contributed by atoms with Crippen molar-refractivity contribution in [1.82, 2.24) is 10.3 Å². The molecule has 1 atom stereocenters. The number of thiazole rings is 1. The molecule has 1 amide bonds. The van der Waals surface area contributed by atoms with Crippen molar-refractivity contribution in [3.8, 4) is 0 Å². The maximum Gasteiger partial charge on any atom is 0.233 e. The smallest absolute Gasteiger partial charge is 0.233 e. The van der Waals surface area contributed by atoms with Gasteiger partial charge in [-0.15, -0.1) is 11.3 Å². The number of amides is 1. The molecule has 22 heavy (non-hydrogen) atoms. The Balaban J connectivity index is 1.58. The molecule has 0 radical (unpaired) electrons. The van der Waals surface area contributed by atoms with Crippen LogP contribution in [0, 0.1) is 0 Å². The van der Waals surface area contributed by atoms with Crippen LogP contribution in [0.15, 0.2) is 58.9 Å². The van der Waals surface area contributed by atoms with Crippen molar-refractivity contribution in [2.75, 3.05) is 0 Å². The summed E-state index contributed by atoms with van der Waals surface area (Å²) < 4.78 is 2.09. The maximum atomic E-state index is 12.2. The Kier molecular flexibility index (Phi) is 4.75. The number of para-hydroxylation sites is 1. The van der Waals surface area contributed by atoms with Gasteiger partial charge in [-0.2, -0.15) is 0 Å². The lowest BCUT2D eigenvalue weighted by Crippen LogP contribution is -2.30. The summed E-state index contributed by atoms with van der Waals surface area (Å²) in [7, 11) is 0. The Morgan fingerprint density at radius 2 is 1.91 bits per heavy atom. The fourth-order valence-corrected chi connectivity index (χ4v) is 4.27. The largest absolute Gasteiger partial charge is 0.351 e. The minimum absolute atomic E-state index is 0.0353. The lowest BCUT2D eigenvalue weighted by atomic mass is 10.2. The van der Waals surface area contributed by atoms with Crippen LogP contribution in [-0.4, -0.2) is 16.1 Å². The Morgan fingerprint density at radius 1 is 1.18 bits per heavy atom. The van der Waals surface area contributed by atoms with Gasteiger partial charge in [-0.1, -0.05) is 54.2 Å². The number of carbonyl (C=O) groups excluding carboxylic acids is 1. The van der Waals surface area contributed by atoms with Gasteiger partial charge in [0.1, 0.15) is 0 Å². The van der Waals surface area contributed by atoms with Crippen LogP contribution in [-0.2, 0) is 11.3 Å². The van der Waals surface area contributed by atoms with E-state index in [0.29, 0.717) is 6.54 Å². The Labute approximate surface area is 137 Å². The summed E-state index contributed by atoms with van der Waals surface area (Å²) in [6.07, 6.45) is 0. The summed E-state index contributed by atoms with van der Waals surface area (Å²) in [6.45, 7) is 2.47. The van der Waals surface area contributed by atoms with Crippen molar-refractivity contribution < 1.29 is 4.79 Å². The Bertz CT molecular complexity index is 737. The normalized spacial score (nSPS) is 12.2. The molecule has 0 aliphatic rings. The van der Waals surface area contributed by atoms with Gasteiger partial charge in [0.05, 0.1) is 15.5 Å². The topological polar surface area (TPSA) is 42.0 Å². The minimum Gasteiger partial charge on any atom is -0.351 e. The zero-order valence-corrected chi connectivity index (χ0v) is 13.8. The van der Waals surface area contributed by atoms with Crippen molar-refractivity contribution in [2.24, 2.45) is 0 Å². The molecule has 3 nitrogen and oxygen atoms in total. The quantitative estimate of drug-likeness (QED) is 0.717. The van der Waals surface area contributed by atoms with E-state index in [2.05, 4.69) is 16.4 Å². The van der Waals surface area contributed by atoms with E-state index in [0.717, 1.165) is 20.1 Å². The molecule has 1 aromatic heterocycles. The van der Waals surface area contributed by atoms with Crippen molar-refractivity contribution in [2.45, 2.75) is 23.1 Å². The highest BCUT2D eigenvalue weighted by atomic mass is 32.2. The highest BCUT2D eigenvalue weighted by Gasteiger charge is 2.16.